The van der Waals surface area contributed by atoms with Gasteiger partial charge >= 0.3 is 39.5 Å². The molecule has 0 aliphatic rings. The van der Waals surface area contributed by atoms with Crippen molar-refractivity contribution in [1.82, 2.24) is 0 Å². The normalized spacial score (nSPS) is 14.0. The molecule has 0 bridgehead atoms. The van der Waals surface area contributed by atoms with Crippen molar-refractivity contribution < 1.29 is 80.2 Å². The average molecular weight is 1500 g/mol. The minimum absolute atomic E-state index is 0.0845. The first-order valence-electron chi connectivity index (χ1n) is 42.8. The monoisotopic (exact) mass is 1500 g/mol. The summed E-state index contributed by atoms with van der Waals surface area (Å²) in [6.07, 6.45) is 69.0. The molecule has 0 rings (SSSR count). The third-order valence-corrected chi connectivity index (χ3v) is 21.0. The van der Waals surface area contributed by atoms with Gasteiger partial charge in [0.15, 0.2) is 12.2 Å². The zero-order valence-corrected chi connectivity index (χ0v) is 68.9. The van der Waals surface area contributed by atoms with Gasteiger partial charge in [-0.2, -0.15) is 0 Å². The molecule has 17 nitrogen and oxygen atoms in total. The maximum absolute atomic E-state index is 13.1. The van der Waals surface area contributed by atoms with E-state index in [1.165, 1.54) is 218 Å². The van der Waals surface area contributed by atoms with E-state index in [0.717, 1.165) is 115 Å². The Labute approximate surface area is 631 Å². The summed E-state index contributed by atoms with van der Waals surface area (Å²) in [6.45, 7) is 9.56. The van der Waals surface area contributed by atoms with Gasteiger partial charge in [-0.25, -0.2) is 9.13 Å². The first-order valence-corrected chi connectivity index (χ1v) is 45.8. The molecule has 0 heterocycles. The predicted octanol–water partition coefficient (Wildman–Crippen LogP) is 25.0. The lowest BCUT2D eigenvalue weighted by molar-refractivity contribution is -0.161. The van der Waals surface area contributed by atoms with Gasteiger partial charge in [0.2, 0.25) is 0 Å². The number of phosphoric ester groups is 2. The van der Waals surface area contributed by atoms with Crippen LogP contribution in [-0.2, 0) is 65.4 Å². The van der Waals surface area contributed by atoms with Crippen LogP contribution in [0.1, 0.15) is 420 Å². The third-order valence-electron chi connectivity index (χ3n) is 19.1. The highest BCUT2D eigenvalue weighted by Crippen LogP contribution is 2.45. The molecule has 0 amide bonds. The average Bonchev–Trinajstić information content (AvgIpc) is 0.920. The number of hydrogen-bond acceptors (Lipinski definition) is 15. The number of carbonyl (C=O) groups is 4. The number of unbranched alkanes of at least 4 members (excludes halogenated alkanes) is 48. The number of esters is 4. The molecule has 3 N–H and O–H groups in total. The molecular weight excluding hydrogens is 1340 g/mol. The molecule has 0 saturated carbocycles. The van der Waals surface area contributed by atoms with Crippen molar-refractivity contribution in [1.29, 1.82) is 0 Å². The molecule has 103 heavy (non-hydrogen) atoms. The van der Waals surface area contributed by atoms with E-state index in [2.05, 4.69) is 65.8 Å². The summed E-state index contributed by atoms with van der Waals surface area (Å²) in [4.78, 5) is 73.1. The number of hydrogen-bond donors (Lipinski definition) is 3. The number of aliphatic hydroxyl groups excluding tert-OH is 1. The van der Waals surface area contributed by atoms with Crippen molar-refractivity contribution in [2.45, 2.75) is 439 Å². The maximum atomic E-state index is 13.1. The Morgan fingerprint density at radius 2 is 0.524 bits per heavy atom. The van der Waals surface area contributed by atoms with Crippen LogP contribution < -0.4 is 0 Å². The summed E-state index contributed by atoms with van der Waals surface area (Å²) in [5, 5.41) is 10.7. The second-order valence-electron chi connectivity index (χ2n) is 30.5. The largest absolute Gasteiger partial charge is 0.472 e. The highest BCUT2D eigenvalue weighted by Gasteiger charge is 2.30. The third kappa shape index (κ3) is 77.5. The van der Waals surface area contributed by atoms with E-state index in [1.54, 1.807) is 0 Å². The molecule has 5 atom stereocenters. The minimum Gasteiger partial charge on any atom is -0.462 e. The summed E-state index contributed by atoms with van der Waals surface area (Å²) in [6, 6.07) is 0. The first-order chi connectivity index (χ1) is 49.9. The first kappa shape index (κ1) is 101. The van der Waals surface area contributed by atoms with Crippen LogP contribution in [0.3, 0.4) is 0 Å². The molecule has 0 aliphatic heterocycles. The van der Waals surface area contributed by atoms with E-state index in [4.69, 9.17) is 37.0 Å². The number of phosphoric acid groups is 2. The quantitative estimate of drug-likeness (QED) is 0.0169. The lowest BCUT2D eigenvalue weighted by Gasteiger charge is -2.21. The molecule has 0 aromatic rings. The van der Waals surface area contributed by atoms with Crippen molar-refractivity contribution >= 4 is 39.5 Å². The van der Waals surface area contributed by atoms with Gasteiger partial charge in [-0.15, -0.1) is 0 Å². The van der Waals surface area contributed by atoms with Crippen LogP contribution in [0.4, 0.5) is 0 Å². The van der Waals surface area contributed by atoms with Crippen LogP contribution in [0.15, 0.2) is 24.3 Å². The van der Waals surface area contributed by atoms with Gasteiger partial charge in [-0.1, -0.05) is 368 Å². The Kier molecular flexibility index (Phi) is 73.2. The number of aliphatic hydroxyl groups is 1. The number of carbonyl (C=O) groups excluding carboxylic acids is 4. The van der Waals surface area contributed by atoms with Crippen LogP contribution in [0.2, 0.25) is 0 Å². The molecule has 2 unspecified atom stereocenters. The van der Waals surface area contributed by atoms with Crippen LogP contribution in [0.5, 0.6) is 0 Å². The predicted molar refractivity (Wildman–Crippen MR) is 423 cm³/mol. The fraction of sp³-hybridized carbons (Fsp3) is 0.905. The molecule has 608 valence electrons. The van der Waals surface area contributed by atoms with Gasteiger partial charge in [0.1, 0.15) is 19.3 Å². The fourth-order valence-electron chi connectivity index (χ4n) is 12.5. The Bertz CT molecular complexity index is 2070. The summed E-state index contributed by atoms with van der Waals surface area (Å²) in [5.74, 6) is -0.627. The van der Waals surface area contributed by atoms with E-state index in [-0.39, 0.29) is 25.7 Å². The minimum atomic E-state index is -4.97. The molecule has 0 aromatic carbocycles. The number of ether oxygens (including phenoxy) is 4. The zero-order valence-electron chi connectivity index (χ0n) is 67.1. The second-order valence-corrected chi connectivity index (χ2v) is 33.4. The Balaban J connectivity index is 5.26. The summed E-state index contributed by atoms with van der Waals surface area (Å²) < 4.78 is 68.7. The lowest BCUT2D eigenvalue weighted by Crippen LogP contribution is -2.30. The number of allylic oxidation sites excluding steroid dienone is 4. The highest BCUT2D eigenvalue weighted by atomic mass is 31.2. The summed E-state index contributed by atoms with van der Waals surface area (Å²) in [7, 11) is -9.94. The topological polar surface area (TPSA) is 237 Å². The summed E-state index contributed by atoms with van der Waals surface area (Å²) in [5.41, 5.74) is 0. The van der Waals surface area contributed by atoms with Crippen molar-refractivity contribution in [2.75, 3.05) is 39.6 Å². The Hall–Kier alpha value is -2.46. The smallest absolute Gasteiger partial charge is 0.462 e. The highest BCUT2D eigenvalue weighted by molar-refractivity contribution is 7.47. The molecule has 0 spiro atoms. The molecule has 19 heteroatoms. The van der Waals surface area contributed by atoms with Crippen molar-refractivity contribution in [3.05, 3.63) is 24.3 Å². The van der Waals surface area contributed by atoms with Gasteiger partial charge in [0.25, 0.3) is 0 Å². The molecular formula is C84H160O17P2. The molecule has 0 aliphatic carbocycles. The van der Waals surface area contributed by atoms with Crippen LogP contribution in [0, 0.1) is 11.8 Å². The summed E-state index contributed by atoms with van der Waals surface area (Å²) >= 11 is 0. The number of rotatable bonds is 81. The van der Waals surface area contributed by atoms with Gasteiger partial charge in [-0.05, 0) is 63.2 Å². The van der Waals surface area contributed by atoms with Crippen LogP contribution in [0.25, 0.3) is 0 Å². The Morgan fingerprint density at radius 1 is 0.301 bits per heavy atom. The Morgan fingerprint density at radius 3 is 0.796 bits per heavy atom. The van der Waals surface area contributed by atoms with Gasteiger partial charge in [0.05, 0.1) is 26.4 Å². The van der Waals surface area contributed by atoms with E-state index < -0.39 is 97.5 Å². The van der Waals surface area contributed by atoms with E-state index in [0.29, 0.717) is 31.6 Å². The maximum Gasteiger partial charge on any atom is 0.472 e. The van der Waals surface area contributed by atoms with Crippen molar-refractivity contribution in [3.8, 4) is 0 Å². The van der Waals surface area contributed by atoms with Gasteiger partial charge < -0.3 is 33.8 Å². The van der Waals surface area contributed by atoms with E-state index in [1.807, 2.05) is 0 Å². The molecule has 0 aromatic heterocycles. The van der Waals surface area contributed by atoms with Gasteiger partial charge in [0, 0.05) is 25.7 Å². The van der Waals surface area contributed by atoms with E-state index in [9.17, 15) is 43.2 Å². The molecule has 0 fully saturated rings. The molecule has 0 saturated heterocycles. The van der Waals surface area contributed by atoms with E-state index >= 15 is 0 Å². The second kappa shape index (κ2) is 75.0. The van der Waals surface area contributed by atoms with Crippen molar-refractivity contribution in [2.24, 2.45) is 11.8 Å². The molecule has 0 radical (unpaired) electrons. The van der Waals surface area contributed by atoms with Gasteiger partial charge in [-0.3, -0.25) is 37.3 Å². The SMILES string of the molecule is CCCCCC/C=C\C=C/CCCCCCCC(=O)O[C@H](COC(=O)CCCCCCCCCC(C)C)COP(=O)(O)OC[C@H](O)COP(=O)(O)OC[C@@H](COC(=O)CCCCCCCCCCCCCCCCCCCCC)OC(=O)CCCCCCCCCCCCCCCCCCC(C)C. The zero-order chi connectivity index (χ0) is 75.6. The van der Waals surface area contributed by atoms with Crippen LogP contribution >= 0.6 is 15.6 Å². The van der Waals surface area contributed by atoms with Crippen molar-refractivity contribution in [3.63, 3.8) is 0 Å². The fourth-order valence-corrected chi connectivity index (χ4v) is 14.1. The van der Waals surface area contributed by atoms with Crippen LogP contribution in [-0.4, -0.2) is 96.7 Å². The lowest BCUT2D eigenvalue weighted by atomic mass is 10.0. The standard InChI is InChI=1S/C84H160O17P2/c1-7-9-11-13-15-17-19-21-23-24-25-26-31-34-38-42-48-54-60-66-81(86)94-72-79(100-83(88)69-63-57-50-44-40-36-32-28-27-30-33-37-41-46-52-58-64-76(3)4)74-98-102(90,91)96-70-78(85)71-97-103(92,93)99-75-80(73-95-82(87)67-61-55-51-45-47-53-59-65-77(5)6)101-84(89)68-62-56-49-43-39-35-29-22-20-18-16-14-12-10-8-2/h18,20,22,29,76-80,85H,7-17,19,21,23-28,30-75H2,1-6H3,(H,90,91)(H,92,93)/b20-18-,29-22-/t78-,79-,80-/m1/s1.